The van der Waals surface area contributed by atoms with E-state index in [1.165, 1.54) is 0 Å². The Kier molecular flexibility index (Phi) is 6.13. The Balaban J connectivity index is 0.00000144. The molecule has 1 heterocycles. The highest BCUT2D eigenvalue weighted by atomic mass is 79.9. The van der Waals surface area contributed by atoms with Gasteiger partial charge in [0.05, 0.1) is 0 Å². The zero-order chi connectivity index (χ0) is 11.5. The molecule has 1 aliphatic rings. The standard InChI is InChI=1S/C12H13Br2NO.ClH/c13-9-1-2-10(11(14)7-9)12(16)8-3-5-15-6-4-8;/h1-2,7-8,15H,3-6H2;1H. The van der Waals surface area contributed by atoms with Gasteiger partial charge >= 0.3 is 0 Å². The van der Waals surface area contributed by atoms with Gasteiger partial charge in [-0.3, -0.25) is 4.79 Å². The first-order valence-corrected chi connectivity index (χ1v) is 6.97. The Labute approximate surface area is 124 Å². The highest BCUT2D eigenvalue weighted by Gasteiger charge is 2.23. The number of hydrogen-bond acceptors (Lipinski definition) is 2. The molecule has 0 bridgehead atoms. The summed E-state index contributed by atoms with van der Waals surface area (Å²) in [6.07, 6.45) is 1.89. The maximum atomic E-state index is 12.3. The van der Waals surface area contributed by atoms with Gasteiger partial charge in [0.25, 0.3) is 0 Å². The molecule has 17 heavy (non-hydrogen) atoms. The van der Waals surface area contributed by atoms with Crippen molar-refractivity contribution in [3.8, 4) is 0 Å². The molecule has 0 saturated carbocycles. The van der Waals surface area contributed by atoms with E-state index in [1.807, 2.05) is 18.2 Å². The van der Waals surface area contributed by atoms with Crippen molar-refractivity contribution in [3.05, 3.63) is 32.7 Å². The van der Waals surface area contributed by atoms with Crippen molar-refractivity contribution >= 4 is 50.1 Å². The van der Waals surface area contributed by atoms with Crippen molar-refractivity contribution in [2.75, 3.05) is 13.1 Å². The number of Topliss-reactive ketones (excluding diaryl/α,β-unsaturated/α-hetero) is 1. The number of ketones is 1. The predicted octanol–water partition coefficient (Wildman–Crippen LogP) is 3.82. The second kappa shape index (κ2) is 6.88. The van der Waals surface area contributed by atoms with Gasteiger partial charge in [-0.25, -0.2) is 0 Å². The fourth-order valence-electron chi connectivity index (χ4n) is 1.99. The maximum absolute atomic E-state index is 12.3. The predicted molar refractivity (Wildman–Crippen MR) is 79.0 cm³/mol. The third-order valence-electron chi connectivity index (χ3n) is 2.91. The SMILES string of the molecule is Cl.O=C(c1ccc(Br)cc1Br)C1CCNCC1. The molecule has 94 valence electrons. The largest absolute Gasteiger partial charge is 0.317 e. The summed E-state index contributed by atoms with van der Waals surface area (Å²) in [5.41, 5.74) is 0.801. The van der Waals surface area contributed by atoms with Gasteiger partial charge in [-0.15, -0.1) is 12.4 Å². The maximum Gasteiger partial charge on any atom is 0.167 e. The van der Waals surface area contributed by atoms with E-state index >= 15 is 0 Å². The first-order chi connectivity index (χ1) is 7.68. The van der Waals surface area contributed by atoms with Gasteiger partial charge in [0.15, 0.2) is 5.78 Å². The fourth-order valence-corrected chi connectivity index (χ4v) is 3.24. The Bertz CT molecular complexity index is 405. The van der Waals surface area contributed by atoms with E-state index in [9.17, 15) is 4.79 Å². The molecule has 0 aliphatic carbocycles. The highest BCUT2D eigenvalue weighted by Crippen LogP contribution is 2.26. The summed E-state index contributed by atoms with van der Waals surface area (Å²) in [4.78, 5) is 12.3. The van der Waals surface area contributed by atoms with Gasteiger partial charge in [-0.1, -0.05) is 31.9 Å². The van der Waals surface area contributed by atoms with Crippen LogP contribution >= 0.6 is 44.3 Å². The molecule has 1 fully saturated rings. The molecule has 5 heteroatoms. The molecule has 1 N–H and O–H groups in total. The van der Waals surface area contributed by atoms with Crippen LogP contribution in [0.5, 0.6) is 0 Å². The van der Waals surface area contributed by atoms with Crippen LogP contribution in [0.3, 0.4) is 0 Å². The molecule has 0 spiro atoms. The molecule has 0 radical (unpaired) electrons. The van der Waals surface area contributed by atoms with Crippen molar-refractivity contribution in [2.24, 2.45) is 5.92 Å². The van der Waals surface area contributed by atoms with Crippen molar-refractivity contribution in [3.63, 3.8) is 0 Å². The van der Waals surface area contributed by atoms with E-state index in [4.69, 9.17) is 0 Å². The number of carbonyl (C=O) groups excluding carboxylic acids is 1. The van der Waals surface area contributed by atoms with E-state index in [2.05, 4.69) is 37.2 Å². The topological polar surface area (TPSA) is 29.1 Å². The lowest BCUT2D eigenvalue weighted by molar-refractivity contribution is 0.0894. The number of nitrogens with one attached hydrogen (secondary N) is 1. The van der Waals surface area contributed by atoms with Crippen LogP contribution < -0.4 is 5.32 Å². The molecule has 0 aromatic heterocycles. The number of halogens is 3. The third-order valence-corrected chi connectivity index (χ3v) is 4.06. The van der Waals surface area contributed by atoms with E-state index in [-0.39, 0.29) is 24.1 Å². The molecule has 0 amide bonds. The van der Waals surface area contributed by atoms with E-state index in [1.54, 1.807) is 0 Å². The average molecular weight is 384 g/mol. The summed E-state index contributed by atoms with van der Waals surface area (Å²) < 4.78 is 1.87. The second-order valence-electron chi connectivity index (χ2n) is 4.01. The number of carbonyl (C=O) groups is 1. The van der Waals surface area contributed by atoms with E-state index < -0.39 is 0 Å². The highest BCUT2D eigenvalue weighted by molar-refractivity contribution is 9.11. The van der Waals surface area contributed by atoms with Crippen molar-refractivity contribution < 1.29 is 4.79 Å². The summed E-state index contributed by atoms with van der Waals surface area (Å²) in [5, 5.41) is 3.27. The molecule has 1 aromatic rings. The van der Waals surface area contributed by atoms with Crippen LogP contribution in [0.15, 0.2) is 27.1 Å². The molecule has 2 rings (SSSR count). The first-order valence-electron chi connectivity index (χ1n) is 5.38. The van der Waals surface area contributed by atoms with Crippen LogP contribution in [0.25, 0.3) is 0 Å². The quantitative estimate of drug-likeness (QED) is 0.787. The Morgan fingerprint density at radius 3 is 2.47 bits per heavy atom. The minimum atomic E-state index is 0. The zero-order valence-corrected chi connectivity index (χ0v) is 13.2. The summed E-state index contributed by atoms with van der Waals surface area (Å²) >= 11 is 6.84. The van der Waals surface area contributed by atoms with Crippen molar-refractivity contribution in [1.29, 1.82) is 0 Å². The Hall–Kier alpha value is 0.1000. The number of hydrogen-bond donors (Lipinski definition) is 1. The molecule has 0 atom stereocenters. The molecule has 1 aromatic carbocycles. The van der Waals surface area contributed by atoms with Crippen LogP contribution in [0.4, 0.5) is 0 Å². The molecule has 2 nitrogen and oxygen atoms in total. The third kappa shape index (κ3) is 3.78. The van der Waals surface area contributed by atoms with Gasteiger partial charge in [0, 0.05) is 20.4 Å². The number of piperidine rings is 1. The monoisotopic (exact) mass is 381 g/mol. The van der Waals surface area contributed by atoms with Gasteiger partial charge < -0.3 is 5.32 Å². The second-order valence-corrected chi connectivity index (χ2v) is 5.78. The average Bonchev–Trinajstić information content (AvgIpc) is 2.29. The molecule has 1 saturated heterocycles. The van der Waals surface area contributed by atoms with Gasteiger partial charge in [0.1, 0.15) is 0 Å². The van der Waals surface area contributed by atoms with Gasteiger partial charge in [-0.05, 0) is 44.1 Å². The number of benzene rings is 1. The Morgan fingerprint density at radius 1 is 1.24 bits per heavy atom. The van der Waals surface area contributed by atoms with Crippen LogP contribution in [-0.2, 0) is 0 Å². The van der Waals surface area contributed by atoms with Crippen LogP contribution in [0.2, 0.25) is 0 Å². The normalized spacial score (nSPS) is 16.4. The lowest BCUT2D eigenvalue weighted by atomic mass is 9.90. The molecule has 1 aliphatic heterocycles. The van der Waals surface area contributed by atoms with Crippen LogP contribution in [0.1, 0.15) is 23.2 Å². The molecular weight excluding hydrogens is 369 g/mol. The van der Waals surface area contributed by atoms with Gasteiger partial charge in [-0.2, -0.15) is 0 Å². The zero-order valence-electron chi connectivity index (χ0n) is 9.21. The molecule has 0 unspecified atom stereocenters. The van der Waals surface area contributed by atoms with Crippen molar-refractivity contribution in [2.45, 2.75) is 12.8 Å². The lowest BCUT2D eigenvalue weighted by Gasteiger charge is -2.21. The number of rotatable bonds is 2. The first kappa shape index (κ1) is 15.2. The fraction of sp³-hybridized carbons (Fsp3) is 0.417. The van der Waals surface area contributed by atoms with E-state index in [0.29, 0.717) is 0 Å². The summed E-state index contributed by atoms with van der Waals surface area (Å²) in [6.45, 7) is 1.90. The summed E-state index contributed by atoms with van der Waals surface area (Å²) in [7, 11) is 0. The Morgan fingerprint density at radius 2 is 1.88 bits per heavy atom. The minimum absolute atomic E-state index is 0. The van der Waals surface area contributed by atoms with Crippen molar-refractivity contribution in [1.82, 2.24) is 5.32 Å². The van der Waals surface area contributed by atoms with Gasteiger partial charge in [0.2, 0.25) is 0 Å². The minimum Gasteiger partial charge on any atom is -0.317 e. The smallest absolute Gasteiger partial charge is 0.167 e. The summed E-state index contributed by atoms with van der Waals surface area (Å²) in [6, 6.07) is 5.73. The van der Waals surface area contributed by atoms with Crippen LogP contribution in [0, 0.1) is 5.92 Å². The summed E-state index contributed by atoms with van der Waals surface area (Å²) in [5.74, 6) is 0.444. The lowest BCUT2D eigenvalue weighted by Crippen LogP contribution is -2.32. The van der Waals surface area contributed by atoms with E-state index in [0.717, 1.165) is 40.4 Å². The van der Waals surface area contributed by atoms with Crippen LogP contribution in [-0.4, -0.2) is 18.9 Å². The molecular formula is C12H14Br2ClNO.